The molecule has 0 amide bonds. The second kappa shape index (κ2) is 8.70. The minimum Gasteiger partial charge on any atom is -0.466 e. The number of carbonyl (C=O) groups excluding carboxylic acids is 2. The Morgan fingerprint density at radius 3 is 2.75 bits per heavy atom. The Hall–Kier alpha value is -1.59. The monoisotopic (exact) mass is 229 g/mol. The van der Waals surface area contributed by atoms with Crippen LogP contribution in [0.15, 0.2) is 5.11 Å². The van der Waals surface area contributed by atoms with Crippen molar-refractivity contribution in [1.82, 2.24) is 0 Å². The van der Waals surface area contributed by atoms with Gasteiger partial charge in [0.15, 0.2) is 5.78 Å². The van der Waals surface area contributed by atoms with Gasteiger partial charge < -0.3 is 9.47 Å². The Morgan fingerprint density at radius 2 is 2.19 bits per heavy atom. The Bertz CT molecular complexity index is 286. The van der Waals surface area contributed by atoms with Gasteiger partial charge in [-0.2, -0.15) is 0 Å². The lowest BCUT2D eigenvalue weighted by Crippen LogP contribution is -2.18. The van der Waals surface area contributed by atoms with Gasteiger partial charge in [-0.3, -0.25) is 9.59 Å². The Balaban J connectivity index is 3.65. The maximum Gasteiger partial charge on any atom is 0.313 e. The largest absolute Gasteiger partial charge is 0.466 e. The summed E-state index contributed by atoms with van der Waals surface area (Å²) in [6.45, 7) is 3.56. The molecule has 0 bridgehead atoms. The molecule has 0 aliphatic rings. The van der Waals surface area contributed by atoms with Gasteiger partial charge in [0.05, 0.1) is 19.3 Å². The summed E-state index contributed by atoms with van der Waals surface area (Å²) in [6, 6.07) is -0.333. The average molecular weight is 229 g/mol. The van der Waals surface area contributed by atoms with Gasteiger partial charge in [0, 0.05) is 4.91 Å². The lowest BCUT2D eigenvalue weighted by atomic mass is 10.3. The van der Waals surface area contributed by atoms with Crippen molar-refractivity contribution in [3.05, 3.63) is 10.4 Å². The number of Topliss-reactive ketones (excluding diaryl/α,β-unsaturated/α-hetero) is 1. The number of carbonyl (C=O) groups is 2. The summed E-state index contributed by atoms with van der Waals surface area (Å²) in [6.07, 6.45) is -0.288. The summed E-state index contributed by atoms with van der Waals surface area (Å²) in [7, 11) is 0. The van der Waals surface area contributed by atoms with E-state index in [9.17, 15) is 9.59 Å². The van der Waals surface area contributed by atoms with Gasteiger partial charge in [-0.05, 0) is 12.5 Å². The summed E-state index contributed by atoms with van der Waals surface area (Å²) >= 11 is 0. The van der Waals surface area contributed by atoms with Crippen molar-refractivity contribution in [2.45, 2.75) is 26.3 Å². The van der Waals surface area contributed by atoms with Crippen LogP contribution in [0.5, 0.6) is 0 Å². The van der Waals surface area contributed by atoms with Gasteiger partial charge in [0.1, 0.15) is 13.0 Å². The molecule has 0 fully saturated rings. The minimum atomic E-state index is -0.556. The van der Waals surface area contributed by atoms with Crippen LogP contribution in [0, 0.1) is 0 Å². The van der Waals surface area contributed by atoms with Gasteiger partial charge in [-0.15, -0.1) is 0 Å². The third-order valence-corrected chi connectivity index (χ3v) is 1.52. The van der Waals surface area contributed by atoms with E-state index < -0.39 is 5.97 Å². The highest BCUT2D eigenvalue weighted by Gasteiger charge is 2.10. The smallest absolute Gasteiger partial charge is 0.313 e. The summed E-state index contributed by atoms with van der Waals surface area (Å²) < 4.78 is 9.56. The van der Waals surface area contributed by atoms with E-state index in [0.717, 1.165) is 0 Å². The molecule has 0 aromatic carbocycles. The standard InChI is InChI=1S/C9H15N3O4/c1-3-16-9(14)4-8(13)6-15-5-7(2)11-12-10/h7H,3-6H2,1-2H3. The molecule has 0 aromatic heterocycles. The number of ketones is 1. The van der Waals surface area contributed by atoms with Crippen LogP contribution in [-0.4, -0.2) is 37.6 Å². The maximum atomic E-state index is 11.1. The predicted octanol–water partition coefficient (Wildman–Crippen LogP) is 1.22. The molecule has 0 aliphatic heterocycles. The van der Waals surface area contributed by atoms with Crippen LogP contribution in [0.4, 0.5) is 0 Å². The zero-order valence-electron chi connectivity index (χ0n) is 9.38. The second-order valence-electron chi connectivity index (χ2n) is 3.09. The average Bonchev–Trinajstić information content (AvgIpc) is 2.18. The Labute approximate surface area is 93.3 Å². The molecule has 0 spiro atoms. The predicted molar refractivity (Wildman–Crippen MR) is 55.7 cm³/mol. The molecule has 0 N–H and O–H groups in total. The van der Waals surface area contributed by atoms with Crippen molar-refractivity contribution in [3.63, 3.8) is 0 Å². The van der Waals surface area contributed by atoms with Crippen molar-refractivity contribution in [3.8, 4) is 0 Å². The molecule has 90 valence electrons. The van der Waals surface area contributed by atoms with E-state index in [4.69, 9.17) is 10.3 Å². The van der Waals surface area contributed by atoms with Crippen LogP contribution in [0.3, 0.4) is 0 Å². The third kappa shape index (κ3) is 7.78. The number of nitrogens with zero attached hydrogens (tertiary/aromatic N) is 3. The van der Waals surface area contributed by atoms with E-state index in [0.29, 0.717) is 0 Å². The van der Waals surface area contributed by atoms with Gasteiger partial charge in [-0.1, -0.05) is 12.0 Å². The first kappa shape index (κ1) is 14.4. The topological polar surface area (TPSA) is 101 Å². The Kier molecular flexibility index (Phi) is 7.83. The van der Waals surface area contributed by atoms with E-state index in [-0.39, 0.29) is 38.1 Å². The summed E-state index contributed by atoms with van der Waals surface area (Å²) in [5.41, 5.74) is 8.10. The van der Waals surface area contributed by atoms with Crippen LogP contribution in [-0.2, 0) is 19.1 Å². The number of ether oxygens (including phenoxy) is 2. The van der Waals surface area contributed by atoms with E-state index in [1.807, 2.05) is 0 Å². The van der Waals surface area contributed by atoms with Crippen LogP contribution >= 0.6 is 0 Å². The first-order chi connectivity index (χ1) is 7.60. The van der Waals surface area contributed by atoms with Crippen molar-refractivity contribution >= 4 is 11.8 Å². The zero-order chi connectivity index (χ0) is 12.4. The quantitative estimate of drug-likeness (QED) is 0.205. The van der Waals surface area contributed by atoms with E-state index in [1.54, 1.807) is 13.8 Å². The fraction of sp³-hybridized carbons (Fsp3) is 0.778. The van der Waals surface area contributed by atoms with Crippen molar-refractivity contribution < 1.29 is 19.1 Å². The summed E-state index contributed by atoms with van der Waals surface area (Å²) in [5, 5.41) is 3.36. The zero-order valence-corrected chi connectivity index (χ0v) is 9.38. The molecule has 0 heterocycles. The highest BCUT2D eigenvalue weighted by molar-refractivity contribution is 5.96. The van der Waals surface area contributed by atoms with Gasteiger partial charge in [0.25, 0.3) is 0 Å². The highest BCUT2D eigenvalue weighted by Crippen LogP contribution is 1.94. The molecular weight excluding hydrogens is 214 g/mol. The first-order valence-corrected chi connectivity index (χ1v) is 4.89. The van der Waals surface area contributed by atoms with Gasteiger partial charge in [0.2, 0.25) is 0 Å². The fourth-order valence-electron chi connectivity index (χ4n) is 0.889. The number of hydrogen-bond donors (Lipinski definition) is 0. The minimum absolute atomic E-state index is 0.151. The van der Waals surface area contributed by atoms with Gasteiger partial charge in [-0.25, -0.2) is 0 Å². The molecule has 0 saturated carbocycles. The fourth-order valence-corrected chi connectivity index (χ4v) is 0.889. The number of esters is 1. The SMILES string of the molecule is CCOC(=O)CC(=O)COCC(C)N=[N+]=[N-]. The van der Waals surface area contributed by atoms with Crippen LogP contribution in [0.1, 0.15) is 20.3 Å². The first-order valence-electron chi connectivity index (χ1n) is 4.89. The van der Waals surface area contributed by atoms with Crippen LogP contribution in [0.25, 0.3) is 10.4 Å². The molecule has 1 unspecified atom stereocenters. The van der Waals surface area contributed by atoms with E-state index >= 15 is 0 Å². The van der Waals surface area contributed by atoms with Crippen molar-refractivity contribution in [1.29, 1.82) is 0 Å². The molecule has 0 rings (SSSR count). The van der Waals surface area contributed by atoms with Crippen LogP contribution < -0.4 is 0 Å². The lowest BCUT2D eigenvalue weighted by Gasteiger charge is -2.05. The molecule has 16 heavy (non-hydrogen) atoms. The van der Waals surface area contributed by atoms with E-state index in [2.05, 4.69) is 14.8 Å². The molecule has 7 heteroatoms. The van der Waals surface area contributed by atoms with Crippen LogP contribution in [0.2, 0.25) is 0 Å². The molecule has 0 aromatic rings. The molecule has 0 aliphatic carbocycles. The number of azide groups is 1. The number of rotatable bonds is 8. The normalized spacial score (nSPS) is 11.4. The van der Waals surface area contributed by atoms with Crippen molar-refractivity contribution in [2.75, 3.05) is 19.8 Å². The molecule has 1 atom stereocenters. The molecule has 0 radical (unpaired) electrons. The maximum absolute atomic E-state index is 11.1. The van der Waals surface area contributed by atoms with Crippen molar-refractivity contribution in [2.24, 2.45) is 5.11 Å². The molecule has 7 nitrogen and oxygen atoms in total. The molecular formula is C9H15N3O4. The van der Waals surface area contributed by atoms with Gasteiger partial charge >= 0.3 is 5.97 Å². The third-order valence-electron chi connectivity index (χ3n) is 1.52. The number of hydrogen-bond acceptors (Lipinski definition) is 5. The Morgan fingerprint density at radius 1 is 1.50 bits per heavy atom. The summed E-state index contributed by atoms with van der Waals surface area (Å²) in [4.78, 5) is 24.6. The summed E-state index contributed by atoms with van der Waals surface area (Å²) in [5.74, 6) is -0.911. The lowest BCUT2D eigenvalue weighted by molar-refractivity contribution is -0.146. The molecule has 0 saturated heterocycles. The van der Waals surface area contributed by atoms with E-state index in [1.165, 1.54) is 0 Å². The highest BCUT2D eigenvalue weighted by atomic mass is 16.5. The second-order valence-corrected chi connectivity index (χ2v) is 3.09.